The third-order valence-corrected chi connectivity index (χ3v) is 7.27. The van der Waals surface area contributed by atoms with Crippen molar-refractivity contribution in [2.45, 2.75) is 19.9 Å². The van der Waals surface area contributed by atoms with Crippen molar-refractivity contribution in [3.63, 3.8) is 0 Å². The summed E-state index contributed by atoms with van der Waals surface area (Å²) in [5.41, 5.74) is 1.35. The lowest BCUT2D eigenvalue weighted by Crippen LogP contribution is -3.14. The molecule has 0 aliphatic carbocycles. The van der Waals surface area contributed by atoms with Crippen molar-refractivity contribution >= 4 is 39.0 Å². The lowest BCUT2D eigenvalue weighted by atomic mass is 9.95. The number of quaternary nitrogens is 1. The minimum atomic E-state index is -0.711. The summed E-state index contributed by atoms with van der Waals surface area (Å²) >= 11 is 4.73. The Morgan fingerprint density at radius 3 is 2.74 bits per heavy atom. The quantitative estimate of drug-likeness (QED) is 0.587. The number of ketones is 1. The molecular weight excluding hydrogens is 482 g/mol. The summed E-state index contributed by atoms with van der Waals surface area (Å²) in [7, 11) is 0. The highest BCUT2D eigenvalue weighted by Crippen LogP contribution is 2.39. The number of hydrogen-bond acceptors (Lipinski definition) is 6. The Morgan fingerprint density at radius 2 is 2.10 bits per heavy atom. The van der Waals surface area contributed by atoms with Gasteiger partial charge in [-0.05, 0) is 37.3 Å². The minimum absolute atomic E-state index is 0.0202. The Morgan fingerprint density at radius 1 is 1.35 bits per heavy atom. The predicted molar refractivity (Wildman–Crippen MR) is 118 cm³/mol. The van der Waals surface area contributed by atoms with E-state index >= 15 is 0 Å². The number of aryl methyl sites for hydroxylation is 2. The number of amides is 1. The lowest BCUT2D eigenvalue weighted by Gasteiger charge is -2.30. The largest absolute Gasteiger partial charge is 0.868 e. The second-order valence-electron chi connectivity index (χ2n) is 7.79. The Labute approximate surface area is 193 Å². The Hall–Kier alpha value is -2.07. The normalized spacial score (nSPS) is 20.0. The van der Waals surface area contributed by atoms with Crippen LogP contribution < -0.4 is 10.0 Å². The standard InChI is InChI=1S/C22H24BrN3O4S/c1-13-21(31-14(2)24-13)19(27)17-18(15-4-3-5-16(23)12-15)26(22(29)20(17)28)7-6-25-8-10-30-11-9-25/h3-5,12,18,28H,6-11H2,1-2H3. The highest BCUT2D eigenvalue weighted by molar-refractivity contribution is 9.10. The van der Waals surface area contributed by atoms with Crippen molar-refractivity contribution in [2.24, 2.45) is 0 Å². The number of thiazole rings is 1. The van der Waals surface area contributed by atoms with Crippen LogP contribution in [0, 0.1) is 13.8 Å². The topological polar surface area (TPSA) is 87.0 Å². The fourth-order valence-electron chi connectivity index (χ4n) is 4.18. The van der Waals surface area contributed by atoms with Crippen molar-refractivity contribution in [1.82, 2.24) is 9.88 Å². The van der Waals surface area contributed by atoms with Crippen LogP contribution in [0.5, 0.6) is 0 Å². The molecule has 7 nitrogen and oxygen atoms in total. The number of aromatic nitrogens is 1. The first-order valence-corrected chi connectivity index (χ1v) is 11.9. The third-order valence-electron chi connectivity index (χ3n) is 5.71. The van der Waals surface area contributed by atoms with E-state index < -0.39 is 23.5 Å². The van der Waals surface area contributed by atoms with Gasteiger partial charge in [-0.3, -0.25) is 9.59 Å². The summed E-state index contributed by atoms with van der Waals surface area (Å²) in [6.07, 6.45) is 0. The maximum absolute atomic E-state index is 13.5. The number of halogens is 1. The molecule has 1 unspecified atom stereocenters. The van der Waals surface area contributed by atoms with Crippen LogP contribution in [0.1, 0.15) is 32.0 Å². The van der Waals surface area contributed by atoms with Gasteiger partial charge in [0.15, 0.2) is 0 Å². The molecule has 1 fully saturated rings. The van der Waals surface area contributed by atoms with E-state index in [-0.39, 0.29) is 5.57 Å². The molecule has 1 aromatic carbocycles. The van der Waals surface area contributed by atoms with Gasteiger partial charge in [0.25, 0.3) is 0 Å². The Balaban J connectivity index is 1.70. The van der Waals surface area contributed by atoms with Gasteiger partial charge < -0.3 is 19.6 Å². The molecule has 0 spiro atoms. The average molecular weight is 506 g/mol. The Kier molecular flexibility index (Phi) is 6.57. The molecule has 0 radical (unpaired) electrons. The summed E-state index contributed by atoms with van der Waals surface area (Å²) in [6.45, 7) is 7.80. The number of rotatable bonds is 6. The summed E-state index contributed by atoms with van der Waals surface area (Å²) in [5, 5.41) is 13.8. The second-order valence-corrected chi connectivity index (χ2v) is 9.91. The molecule has 2 aliphatic heterocycles. The summed E-state index contributed by atoms with van der Waals surface area (Å²) in [5.74, 6) is -1.72. The maximum Gasteiger partial charge on any atom is 0.240 e. The second kappa shape index (κ2) is 9.20. The van der Waals surface area contributed by atoms with Crippen molar-refractivity contribution in [3.05, 3.63) is 61.2 Å². The minimum Gasteiger partial charge on any atom is -0.868 e. The third kappa shape index (κ3) is 4.45. The van der Waals surface area contributed by atoms with Gasteiger partial charge in [-0.25, -0.2) is 4.98 Å². The van der Waals surface area contributed by atoms with E-state index in [4.69, 9.17) is 4.74 Å². The van der Waals surface area contributed by atoms with Crippen LogP contribution in [-0.2, 0) is 9.53 Å². The molecule has 2 aromatic rings. The number of nitrogens with zero attached hydrogens (tertiary/aromatic N) is 2. The first-order valence-electron chi connectivity index (χ1n) is 10.2. The van der Waals surface area contributed by atoms with E-state index in [2.05, 4.69) is 20.9 Å². The van der Waals surface area contributed by atoms with E-state index in [0.29, 0.717) is 36.9 Å². The van der Waals surface area contributed by atoms with Gasteiger partial charge in [-0.15, -0.1) is 11.3 Å². The van der Waals surface area contributed by atoms with Crippen molar-refractivity contribution in [3.8, 4) is 0 Å². The number of carbonyl (C=O) groups excluding carboxylic acids is 2. The maximum atomic E-state index is 13.5. The van der Waals surface area contributed by atoms with E-state index in [9.17, 15) is 14.7 Å². The summed E-state index contributed by atoms with van der Waals surface area (Å²) in [4.78, 5) is 34.1. The van der Waals surface area contributed by atoms with Gasteiger partial charge in [0.1, 0.15) is 13.1 Å². The van der Waals surface area contributed by atoms with Crippen molar-refractivity contribution in [1.29, 1.82) is 0 Å². The molecule has 1 atom stereocenters. The Bertz CT molecular complexity index is 1050. The van der Waals surface area contributed by atoms with Crippen LogP contribution in [0.4, 0.5) is 0 Å². The van der Waals surface area contributed by atoms with E-state index in [1.165, 1.54) is 16.2 Å². The highest BCUT2D eigenvalue weighted by Gasteiger charge is 2.40. The monoisotopic (exact) mass is 505 g/mol. The van der Waals surface area contributed by atoms with E-state index in [0.717, 1.165) is 28.1 Å². The molecule has 3 heterocycles. The van der Waals surface area contributed by atoms with E-state index in [1.54, 1.807) is 11.8 Å². The van der Waals surface area contributed by atoms with E-state index in [1.807, 2.05) is 31.2 Å². The molecule has 2 aliphatic rings. The van der Waals surface area contributed by atoms with Crippen LogP contribution in [0.3, 0.4) is 0 Å². The van der Waals surface area contributed by atoms with Crippen LogP contribution >= 0.6 is 27.3 Å². The first-order chi connectivity index (χ1) is 14.9. The summed E-state index contributed by atoms with van der Waals surface area (Å²) in [6, 6.07) is 6.74. The van der Waals surface area contributed by atoms with Gasteiger partial charge in [-0.2, -0.15) is 0 Å². The van der Waals surface area contributed by atoms with Gasteiger partial charge in [-0.1, -0.05) is 28.1 Å². The number of hydrogen-bond donors (Lipinski definition) is 1. The number of morpholine rings is 1. The van der Waals surface area contributed by atoms with Gasteiger partial charge in [0.2, 0.25) is 11.7 Å². The number of Topliss-reactive ketones (excluding diaryl/α,β-unsaturated/α-hetero) is 1. The fourth-order valence-corrected chi connectivity index (χ4v) is 5.47. The van der Waals surface area contributed by atoms with Crippen LogP contribution in [-0.4, -0.2) is 61.0 Å². The average Bonchev–Trinajstić information content (AvgIpc) is 3.22. The number of nitrogens with one attached hydrogen (secondary N) is 1. The lowest BCUT2D eigenvalue weighted by molar-refractivity contribution is -0.907. The van der Waals surface area contributed by atoms with Gasteiger partial charge >= 0.3 is 0 Å². The molecule has 1 saturated heterocycles. The van der Waals surface area contributed by atoms with Gasteiger partial charge in [0.05, 0.1) is 47.9 Å². The van der Waals surface area contributed by atoms with Crippen molar-refractivity contribution < 1.29 is 24.3 Å². The summed E-state index contributed by atoms with van der Waals surface area (Å²) < 4.78 is 6.24. The molecule has 1 N–H and O–H groups in total. The molecule has 4 rings (SSSR count). The molecule has 0 bridgehead atoms. The zero-order chi connectivity index (χ0) is 22.1. The first kappa shape index (κ1) is 22.1. The molecule has 0 saturated carbocycles. The molecular formula is C22H24BrN3O4S. The predicted octanol–water partition coefficient (Wildman–Crippen LogP) is 0.818. The van der Waals surface area contributed by atoms with Gasteiger partial charge in [0, 0.05) is 10.0 Å². The SMILES string of the molecule is Cc1nc(C)c(C(=O)C2=C([O-])C(=O)N(CC[NH+]3CCOCC3)C2c2cccc(Br)c2)s1. The number of ether oxygens (including phenoxy) is 1. The molecule has 1 amide bonds. The zero-order valence-corrected chi connectivity index (χ0v) is 19.8. The highest BCUT2D eigenvalue weighted by atomic mass is 79.9. The molecule has 1 aromatic heterocycles. The fraction of sp³-hybridized carbons (Fsp3) is 0.409. The van der Waals surface area contributed by atoms with Crippen LogP contribution in [0.25, 0.3) is 0 Å². The van der Waals surface area contributed by atoms with Crippen molar-refractivity contribution in [2.75, 3.05) is 39.4 Å². The van der Waals surface area contributed by atoms with Crippen LogP contribution in [0.2, 0.25) is 0 Å². The van der Waals surface area contributed by atoms with Crippen LogP contribution in [0.15, 0.2) is 40.1 Å². The number of benzene rings is 1. The molecule has 31 heavy (non-hydrogen) atoms. The molecule has 164 valence electrons. The smallest absolute Gasteiger partial charge is 0.240 e. The number of carbonyl (C=O) groups is 2. The molecule has 9 heteroatoms. The zero-order valence-electron chi connectivity index (χ0n) is 17.4.